The summed E-state index contributed by atoms with van der Waals surface area (Å²) in [6.07, 6.45) is -0.788. The highest BCUT2D eigenvalue weighted by Gasteiger charge is 2.17. The second-order valence-corrected chi connectivity index (χ2v) is 6.39. The van der Waals surface area contributed by atoms with Crippen LogP contribution in [0.3, 0.4) is 0 Å². The van der Waals surface area contributed by atoms with E-state index in [2.05, 4.69) is 10.9 Å². The van der Waals surface area contributed by atoms with Gasteiger partial charge in [0.2, 0.25) is 0 Å². The first-order valence-electron chi connectivity index (χ1n) is 9.11. The van der Waals surface area contributed by atoms with Crippen LogP contribution in [-0.2, 0) is 11.4 Å². The zero-order chi connectivity index (χ0) is 20.6. The zero-order valence-electron chi connectivity index (χ0n) is 16.2. The molecule has 7 nitrogen and oxygen atoms in total. The first kappa shape index (κ1) is 20.0. The Labute approximate surface area is 168 Å². The molecular weight excluding hydrogens is 372 g/mol. The molecule has 2 aromatic carbocycles. The maximum atomic E-state index is 12.2. The first-order valence-corrected chi connectivity index (χ1v) is 9.11. The highest BCUT2D eigenvalue weighted by Crippen LogP contribution is 2.15. The predicted octanol–water partition coefficient (Wildman–Crippen LogP) is 3.40. The first-order chi connectivity index (χ1) is 14.0. The molecule has 1 unspecified atom stereocenters. The Morgan fingerprint density at radius 3 is 2.48 bits per heavy atom. The second kappa shape index (κ2) is 9.45. The fourth-order valence-electron chi connectivity index (χ4n) is 2.48. The predicted molar refractivity (Wildman–Crippen MR) is 106 cm³/mol. The van der Waals surface area contributed by atoms with E-state index < -0.39 is 17.9 Å². The van der Waals surface area contributed by atoms with Gasteiger partial charge in [0.1, 0.15) is 23.9 Å². The Bertz CT molecular complexity index is 968. The normalized spacial score (nSPS) is 11.4. The summed E-state index contributed by atoms with van der Waals surface area (Å²) in [5.41, 5.74) is 5.66. The number of hydrazine groups is 1. The third kappa shape index (κ3) is 5.87. The minimum absolute atomic E-state index is 0.0595. The number of ether oxygens (including phenoxy) is 2. The number of nitrogens with one attached hydrogen (secondary N) is 2. The molecule has 0 radical (unpaired) electrons. The average Bonchev–Trinajstić information content (AvgIpc) is 3.20. The monoisotopic (exact) mass is 394 g/mol. The van der Waals surface area contributed by atoms with Crippen molar-refractivity contribution in [3.8, 4) is 11.5 Å². The molecule has 29 heavy (non-hydrogen) atoms. The summed E-state index contributed by atoms with van der Waals surface area (Å²) < 4.78 is 16.6. The van der Waals surface area contributed by atoms with Crippen LogP contribution in [0.1, 0.15) is 28.8 Å². The molecule has 1 atom stereocenters. The molecule has 3 rings (SSSR count). The molecule has 3 aromatic rings. The highest BCUT2D eigenvalue weighted by molar-refractivity contribution is 5.93. The molecule has 0 aliphatic rings. The van der Waals surface area contributed by atoms with Crippen molar-refractivity contribution in [3.63, 3.8) is 0 Å². The van der Waals surface area contributed by atoms with Gasteiger partial charge in [0.15, 0.2) is 11.9 Å². The molecule has 7 heteroatoms. The third-order valence-corrected chi connectivity index (χ3v) is 3.98. The number of para-hydroxylation sites is 1. The second-order valence-electron chi connectivity index (χ2n) is 6.39. The summed E-state index contributed by atoms with van der Waals surface area (Å²) in [5.74, 6) is 0.759. The molecule has 2 amide bonds. The van der Waals surface area contributed by atoms with Gasteiger partial charge >= 0.3 is 5.91 Å². The maximum absolute atomic E-state index is 12.2. The molecule has 1 heterocycles. The quantitative estimate of drug-likeness (QED) is 0.600. The number of rotatable bonds is 7. The molecular formula is C22H22N2O5. The van der Waals surface area contributed by atoms with Gasteiger partial charge in [-0.25, -0.2) is 0 Å². The minimum Gasteiger partial charge on any atom is -0.486 e. The van der Waals surface area contributed by atoms with Crippen LogP contribution < -0.4 is 20.3 Å². The number of carbonyl (C=O) groups excluding carboxylic acids is 2. The van der Waals surface area contributed by atoms with Gasteiger partial charge in [-0.2, -0.15) is 0 Å². The van der Waals surface area contributed by atoms with Gasteiger partial charge in [0.25, 0.3) is 5.91 Å². The van der Waals surface area contributed by atoms with Crippen LogP contribution in [-0.4, -0.2) is 17.9 Å². The smallest absolute Gasteiger partial charge is 0.305 e. The van der Waals surface area contributed by atoms with Crippen molar-refractivity contribution in [2.24, 2.45) is 0 Å². The Balaban J connectivity index is 1.46. The Kier molecular flexibility index (Phi) is 6.52. The number of carbonyl (C=O) groups is 2. The van der Waals surface area contributed by atoms with Crippen molar-refractivity contribution in [1.82, 2.24) is 10.9 Å². The van der Waals surface area contributed by atoms with E-state index in [9.17, 15) is 9.59 Å². The van der Waals surface area contributed by atoms with Crippen molar-refractivity contribution >= 4 is 11.8 Å². The van der Waals surface area contributed by atoms with Gasteiger partial charge in [-0.05, 0) is 55.8 Å². The highest BCUT2D eigenvalue weighted by atomic mass is 16.5. The largest absolute Gasteiger partial charge is 0.486 e. The molecule has 0 aliphatic carbocycles. The molecule has 150 valence electrons. The molecule has 0 aliphatic heterocycles. The number of hydrogen-bond donors (Lipinski definition) is 2. The lowest BCUT2D eigenvalue weighted by Gasteiger charge is -2.15. The molecule has 0 bridgehead atoms. The molecule has 0 saturated carbocycles. The fourth-order valence-corrected chi connectivity index (χ4v) is 2.48. The zero-order valence-corrected chi connectivity index (χ0v) is 16.2. The standard InChI is InChI=1S/C22H22N2O5/c1-15-7-6-10-18(13-15)28-16(2)21(25)23-24-22(26)20-12-11-19(29-20)14-27-17-8-4-3-5-9-17/h3-13,16H,14H2,1-2H3,(H,23,25)(H,24,26). The lowest BCUT2D eigenvalue weighted by molar-refractivity contribution is -0.128. The summed E-state index contributed by atoms with van der Waals surface area (Å²) in [7, 11) is 0. The SMILES string of the molecule is Cc1cccc(OC(C)C(=O)NNC(=O)c2ccc(COc3ccccc3)o2)c1. The van der Waals surface area contributed by atoms with Crippen molar-refractivity contribution in [2.45, 2.75) is 26.6 Å². The van der Waals surface area contributed by atoms with Crippen molar-refractivity contribution in [2.75, 3.05) is 0 Å². The van der Waals surface area contributed by atoms with Crippen LogP contribution in [0.5, 0.6) is 11.5 Å². The fraction of sp³-hybridized carbons (Fsp3) is 0.182. The number of amides is 2. The summed E-state index contributed by atoms with van der Waals surface area (Å²) in [6, 6.07) is 19.8. The topological polar surface area (TPSA) is 89.8 Å². The lowest BCUT2D eigenvalue weighted by Crippen LogP contribution is -2.47. The summed E-state index contributed by atoms with van der Waals surface area (Å²) in [5, 5.41) is 0. The van der Waals surface area contributed by atoms with Crippen LogP contribution >= 0.6 is 0 Å². The van der Waals surface area contributed by atoms with E-state index in [0.29, 0.717) is 17.3 Å². The Morgan fingerprint density at radius 1 is 0.966 bits per heavy atom. The molecule has 2 N–H and O–H groups in total. The molecule has 0 spiro atoms. The van der Waals surface area contributed by atoms with Crippen molar-refractivity contribution in [1.29, 1.82) is 0 Å². The van der Waals surface area contributed by atoms with Crippen LogP contribution in [0, 0.1) is 6.92 Å². The van der Waals surface area contributed by atoms with E-state index in [-0.39, 0.29) is 12.4 Å². The number of aryl methyl sites for hydroxylation is 1. The number of furan rings is 1. The van der Waals surface area contributed by atoms with Crippen LogP contribution in [0.2, 0.25) is 0 Å². The average molecular weight is 394 g/mol. The summed E-state index contributed by atoms with van der Waals surface area (Å²) in [6.45, 7) is 3.71. The van der Waals surface area contributed by atoms with Gasteiger partial charge in [-0.3, -0.25) is 20.4 Å². The van der Waals surface area contributed by atoms with Gasteiger partial charge < -0.3 is 13.9 Å². The van der Waals surface area contributed by atoms with Crippen molar-refractivity contribution in [3.05, 3.63) is 83.8 Å². The van der Waals surface area contributed by atoms with Crippen LogP contribution in [0.15, 0.2) is 71.1 Å². The van der Waals surface area contributed by atoms with Gasteiger partial charge in [0, 0.05) is 0 Å². The van der Waals surface area contributed by atoms with Crippen LogP contribution in [0.4, 0.5) is 0 Å². The van der Waals surface area contributed by atoms with E-state index in [0.717, 1.165) is 5.56 Å². The van der Waals surface area contributed by atoms with E-state index in [4.69, 9.17) is 13.9 Å². The Morgan fingerprint density at radius 2 is 1.72 bits per heavy atom. The lowest BCUT2D eigenvalue weighted by atomic mass is 10.2. The molecule has 0 fully saturated rings. The van der Waals surface area contributed by atoms with E-state index in [1.807, 2.05) is 55.5 Å². The third-order valence-electron chi connectivity index (χ3n) is 3.98. The van der Waals surface area contributed by atoms with Crippen molar-refractivity contribution < 1.29 is 23.5 Å². The molecule has 1 aromatic heterocycles. The number of benzene rings is 2. The minimum atomic E-state index is -0.788. The summed E-state index contributed by atoms with van der Waals surface area (Å²) >= 11 is 0. The van der Waals surface area contributed by atoms with Crippen LogP contribution in [0.25, 0.3) is 0 Å². The van der Waals surface area contributed by atoms with Gasteiger partial charge in [0.05, 0.1) is 0 Å². The maximum Gasteiger partial charge on any atom is 0.305 e. The van der Waals surface area contributed by atoms with E-state index >= 15 is 0 Å². The Hall–Kier alpha value is -3.74. The summed E-state index contributed by atoms with van der Waals surface area (Å²) in [4.78, 5) is 24.3. The van der Waals surface area contributed by atoms with E-state index in [1.165, 1.54) is 6.07 Å². The molecule has 0 saturated heterocycles. The van der Waals surface area contributed by atoms with Gasteiger partial charge in [-0.1, -0.05) is 30.3 Å². The number of hydrogen-bond acceptors (Lipinski definition) is 5. The van der Waals surface area contributed by atoms with Gasteiger partial charge in [-0.15, -0.1) is 0 Å². The van der Waals surface area contributed by atoms with E-state index in [1.54, 1.807) is 19.1 Å².